The summed E-state index contributed by atoms with van der Waals surface area (Å²) < 4.78 is 0. The van der Waals surface area contributed by atoms with E-state index in [0.717, 1.165) is 31.0 Å². The first-order valence-corrected chi connectivity index (χ1v) is 12.0. The third kappa shape index (κ3) is 4.42. The fourth-order valence-corrected chi connectivity index (χ4v) is 5.11. The summed E-state index contributed by atoms with van der Waals surface area (Å²) in [5.41, 5.74) is 8.00. The highest BCUT2D eigenvalue weighted by Crippen LogP contribution is 2.35. The Morgan fingerprint density at radius 2 is 1.62 bits per heavy atom. The van der Waals surface area contributed by atoms with Gasteiger partial charge in [-0.2, -0.15) is 0 Å². The van der Waals surface area contributed by atoms with Crippen LogP contribution in [0.3, 0.4) is 0 Å². The van der Waals surface area contributed by atoms with Gasteiger partial charge in [-0.15, -0.1) is 0 Å². The lowest BCUT2D eigenvalue weighted by Crippen LogP contribution is -2.28. The molecule has 1 aliphatic carbocycles. The first-order valence-electron chi connectivity index (χ1n) is 12.0. The van der Waals surface area contributed by atoms with Crippen LogP contribution in [-0.4, -0.2) is 36.0 Å². The summed E-state index contributed by atoms with van der Waals surface area (Å²) in [5, 5.41) is 0. The Bertz CT molecular complexity index is 1050. The Morgan fingerprint density at radius 3 is 2.31 bits per heavy atom. The number of hydrogen-bond donors (Lipinski definition) is 0. The molecule has 1 aliphatic rings. The minimum absolute atomic E-state index is 0.446. The van der Waals surface area contributed by atoms with Gasteiger partial charge >= 0.3 is 0 Å². The molecule has 0 saturated carbocycles. The number of aromatic nitrogens is 2. The van der Waals surface area contributed by atoms with Crippen LogP contribution >= 0.6 is 0 Å². The number of anilines is 1. The van der Waals surface area contributed by atoms with E-state index < -0.39 is 0 Å². The molecule has 3 aromatic rings. The molecule has 4 rings (SSSR count). The van der Waals surface area contributed by atoms with Crippen LogP contribution in [-0.2, 0) is 25.8 Å². The van der Waals surface area contributed by atoms with Gasteiger partial charge in [0.2, 0.25) is 0 Å². The molecular formula is C28H36N4. The fourth-order valence-electron chi connectivity index (χ4n) is 5.11. The van der Waals surface area contributed by atoms with Crippen molar-refractivity contribution in [2.75, 3.05) is 26.0 Å². The Balaban J connectivity index is 1.67. The van der Waals surface area contributed by atoms with Gasteiger partial charge in [0.05, 0.1) is 0 Å². The second-order valence-electron chi connectivity index (χ2n) is 9.12. The van der Waals surface area contributed by atoms with E-state index in [4.69, 9.17) is 9.97 Å². The summed E-state index contributed by atoms with van der Waals surface area (Å²) in [4.78, 5) is 14.6. The molecule has 0 unspecified atom stereocenters. The van der Waals surface area contributed by atoms with Gasteiger partial charge in [-0.1, -0.05) is 56.3 Å². The number of benzene rings is 2. The summed E-state index contributed by atoms with van der Waals surface area (Å²) in [6.07, 6.45) is 7.65. The number of nitrogens with zero attached hydrogens (tertiary/aromatic N) is 4. The van der Waals surface area contributed by atoms with Crippen molar-refractivity contribution in [3.63, 3.8) is 0 Å². The summed E-state index contributed by atoms with van der Waals surface area (Å²) in [7, 11) is 6.40. The van der Waals surface area contributed by atoms with Crippen LogP contribution in [0.4, 0.5) is 5.82 Å². The van der Waals surface area contributed by atoms with Crippen molar-refractivity contribution in [1.29, 1.82) is 0 Å². The molecule has 1 aromatic heterocycles. The monoisotopic (exact) mass is 428 g/mol. The minimum atomic E-state index is 0.446. The molecule has 0 fully saturated rings. The molecule has 168 valence electrons. The van der Waals surface area contributed by atoms with Crippen LogP contribution < -0.4 is 4.90 Å². The number of rotatable bonds is 7. The average Bonchev–Trinajstić information content (AvgIpc) is 2.83. The Morgan fingerprint density at radius 1 is 0.906 bits per heavy atom. The summed E-state index contributed by atoms with van der Waals surface area (Å²) >= 11 is 0. The van der Waals surface area contributed by atoms with E-state index in [2.05, 4.69) is 93.5 Å². The molecule has 4 heteroatoms. The SMILES string of the molecule is CCc1cccc(CC)c1-c1ncc(CN(C)[C@H]2CCCc3ccccc32)c(N(C)C)n1. The standard InChI is InChI=1S/C28H36N4/c1-6-20-13-10-14-21(7-2)26(20)27-29-18-23(28(30-27)31(3)4)19-32(5)25-17-11-15-22-12-8-9-16-24(22)25/h8-10,12-14,16,18,25H,6-7,11,15,17,19H2,1-5H3/t25-/m0/s1. The van der Waals surface area contributed by atoms with Gasteiger partial charge in [0.25, 0.3) is 0 Å². The van der Waals surface area contributed by atoms with E-state index in [9.17, 15) is 0 Å². The maximum Gasteiger partial charge on any atom is 0.162 e. The maximum atomic E-state index is 5.09. The molecular weight excluding hydrogens is 392 g/mol. The summed E-state index contributed by atoms with van der Waals surface area (Å²) in [5.74, 6) is 1.86. The highest BCUT2D eigenvalue weighted by molar-refractivity contribution is 5.67. The zero-order valence-electron chi connectivity index (χ0n) is 20.2. The number of hydrogen-bond acceptors (Lipinski definition) is 4. The van der Waals surface area contributed by atoms with E-state index in [1.165, 1.54) is 52.6 Å². The van der Waals surface area contributed by atoms with Crippen molar-refractivity contribution in [2.45, 2.75) is 58.5 Å². The van der Waals surface area contributed by atoms with Gasteiger partial charge in [0.15, 0.2) is 5.82 Å². The molecule has 0 bridgehead atoms. The molecule has 32 heavy (non-hydrogen) atoms. The van der Waals surface area contributed by atoms with Crippen LogP contribution in [0.15, 0.2) is 48.7 Å². The highest BCUT2D eigenvalue weighted by atomic mass is 15.2. The molecule has 0 saturated heterocycles. The van der Waals surface area contributed by atoms with E-state index in [-0.39, 0.29) is 0 Å². The molecule has 4 nitrogen and oxygen atoms in total. The summed E-state index contributed by atoms with van der Waals surface area (Å²) in [6, 6.07) is 15.9. The van der Waals surface area contributed by atoms with Gasteiger partial charge in [-0.25, -0.2) is 9.97 Å². The topological polar surface area (TPSA) is 32.3 Å². The van der Waals surface area contributed by atoms with Gasteiger partial charge in [0, 0.05) is 44.0 Å². The molecule has 1 heterocycles. The second kappa shape index (κ2) is 9.83. The fraction of sp³-hybridized carbons (Fsp3) is 0.429. The quantitative estimate of drug-likeness (QED) is 0.473. The normalized spacial score (nSPS) is 15.6. The molecule has 0 radical (unpaired) electrons. The number of fused-ring (bicyclic) bond motifs is 1. The third-order valence-electron chi connectivity index (χ3n) is 6.78. The van der Waals surface area contributed by atoms with Crippen LogP contribution in [0.25, 0.3) is 11.4 Å². The van der Waals surface area contributed by atoms with Gasteiger partial charge < -0.3 is 4.90 Å². The van der Waals surface area contributed by atoms with Crippen molar-refractivity contribution in [2.24, 2.45) is 0 Å². The Hall–Kier alpha value is -2.72. The predicted molar refractivity (Wildman–Crippen MR) is 134 cm³/mol. The van der Waals surface area contributed by atoms with E-state index in [1.54, 1.807) is 0 Å². The lowest BCUT2D eigenvalue weighted by molar-refractivity contribution is 0.213. The molecule has 2 aromatic carbocycles. The van der Waals surface area contributed by atoms with E-state index in [1.807, 2.05) is 0 Å². The molecule has 0 aliphatic heterocycles. The van der Waals surface area contributed by atoms with E-state index in [0.29, 0.717) is 6.04 Å². The second-order valence-corrected chi connectivity index (χ2v) is 9.12. The zero-order chi connectivity index (χ0) is 22.7. The average molecular weight is 429 g/mol. The van der Waals surface area contributed by atoms with Crippen molar-refractivity contribution >= 4 is 5.82 Å². The van der Waals surface area contributed by atoms with Crippen molar-refractivity contribution in [3.8, 4) is 11.4 Å². The van der Waals surface area contributed by atoms with Crippen LogP contribution in [0.1, 0.15) is 60.5 Å². The maximum absolute atomic E-state index is 5.09. The van der Waals surface area contributed by atoms with Crippen LogP contribution in [0, 0.1) is 0 Å². The van der Waals surface area contributed by atoms with Crippen LogP contribution in [0.2, 0.25) is 0 Å². The first-order chi connectivity index (χ1) is 15.5. The van der Waals surface area contributed by atoms with Crippen LogP contribution in [0.5, 0.6) is 0 Å². The number of aryl methyl sites for hydroxylation is 3. The van der Waals surface area contributed by atoms with Gasteiger partial charge in [-0.3, -0.25) is 4.90 Å². The minimum Gasteiger partial charge on any atom is -0.362 e. The van der Waals surface area contributed by atoms with E-state index >= 15 is 0 Å². The summed E-state index contributed by atoms with van der Waals surface area (Å²) in [6.45, 7) is 5.25. The lowest BCUT2D eigenvalue weighted by atomic mass is 9.87. The highest BCUT2D eigenvalue weighted by Gasteiger charge is 2.25. The van der Waals surface area contributed by atoms with Gasteiger partial charge in [-0.05, 0) is 61.4 Å². The molecule has 0 amide bonds. The molecule has 0 N–H and O–H groups in total. The molecule has 1 atom stereocenters. The Kier molecular flexibility index (Phi) is 6.90. The van der Waals surface area contributed by atoms with Crippen molar-refractivity contribution in [1.82, 2.24) is 14.9 Å². The lowest BCUT2D eigenvalue weighted by Gasteiger charge is -2.34. The largest absolute Gasteiger partial charge is 0.362 e. The third-order valence-corrected chi connectivity index (χ3v) is 6.78. The van der Waals surface area contributed by atoms with Crippen molar-refractivity contribution < 1.29 is 0 Å². The Labute approximate surface area is 193 Å². The smallest absolute Gasteiger partial charge is 0.162 e. The zero-order valence-corrected chi connectivity index (χ0v) is 20.2. The molecule has 0 spiro atoms. The van der Waals surface area contributed by atoms with Gasteiger partial charge in [0.1, 0.15) is 5.82 Å². The van der Waals surface area contributed by atoms with Crippen molar-refractivity contribution in [3.05, 3.63) is 76.5 Å². The predicted octanol–water partition coefficient (Wildman–Crippen LogP) is 5.84. The first kappa shape index (κ1) is 22.5.